The molecular weight excluding hydrogens is 340 g/mol. The smallest absolute Gasteiger partial charge is 0.243 e. The molecule has 0 spiro atoms. The minimum atomic E-state index is -0.292. The zero-order valence-corrected chi connectivity index (χ0v) is 15.0. The number of fused-ring (bicyclic) bond motifs is 1. The summed E-state index contributed by atoms with van der Waals surface area (Å²) in [6.45, 7) is 1.87. The molecule has 27 heavy (non-hydrogen) atoms. The lowest BCUT2D eigenvalue weighted by Gasteiger charge is -2.20. The maximum Gasteiger partial charge on any atom is 0.243 e. The highest BCUT2D eigenvalue weighted by atomic mass is 16.2. The fraction of sp³-hybridized carbons (Fsp3) is 0.190. The third-order valence-electron chi connectivity index (χ3n) is 4.38. The lowest BCUT2D eigenvalue weighted by atomic mass is 10.1. The van der Waals surface area contributed by atoms with Gasteiger partial charge in [0.25, 0.3) is 0 Å². The van der Waals surface area contributed by atoms with Gasteiger partial charge in [0.15, 0.2) is 0 Å². The first-order chi connectivity index (χ1) is 13.1. The number of rotatable bonds is 6. The second-order valence-electron chi connectivity index (χ2n) is 6.29. The molecule has 136 valence electrons. The summed E-state index contributed by atoms with van der Waals surface area (Å²) in [4.78, 5) is 29.0. The van der Waals surface area contributed by atoms with E-state index >= 15 is 0 Å². The molecule has 0 aliphatic rings. The maximum absolute atomic E-state index is 12.3. The van der Waals surface area contributed by atoms with Crippen molar-refractivity contribution in [3.63, 3.8) is 0 Å². The van der Waals surface area contributed by atoms with Crippen LogP contribution in [0.4, 0.5) is 5.69 Å². The third kappa shape index (κ3) is 4.53. The van der Waals surface area contributed by atoms with E-state index < -0.39 is 0 Å². The van der Waals surface area contributed by atoms with Crippen LogP contribution in [-0.4, -0.2) is 34.8 Å². The number of aromatic nitrogens is 1. The Morgan fingerprint density at radius 1 is 1.19 bits per heavy atom. The Kier molecular flexibility index (Phi) is 5.53. The van der Waals surface area contributed by atoms with Crippen molar-refractivity contribution in [1.29, 1.82) is 5.26 Å². The van der Waals surface area contributed by atoms with Crippen LogP contribution in [0.1, 0.15) is 18.1 Å². The summed E-state index contributed by atoms with van der Waals surface area (Å²) in [5.74, 6) is -0.449. The minimum absolute atomic E-state index is 0.0333. The number of benzene rings is 2. The summed E-state index contributed by atoms with van der Waals surface area (Å²) in [7, 11) is 0. The second kappa shape index (κ2) is 8.19. The van der Waals surface area contributed by atoms with Crippen molar-refractivity contribution in [3.05, 3.63) is 65.9 Å². The van der Waals surface area contributed by atoms with Crippen LogP contribution in [0.25, 0.3) is 10.9 Å². The first-order valence-electron chi connectivity index (χ1n) is 8.67. The van der Waals surface area contributed by atoms with Gasteiger partial charge in [-0.25, -0.2) is 0 Å². The Bertz CT molecular complexity index is 1020. The van der Waals surface area contributed by atoms with Crippen LogP contribution < -0.4 is 5.32 Å². The number of aromatic amines is 1. The molecule has 3 rings (SSSR count). The molecule has 0 saturated heterocycles. The molecule has 6 nitrogen and oxygen atoms in total. The number of amides is 2. The average molecular weight is 360 g/mol. The quantitative estimate of drug-likeness (QED) is 0.708. The molecule has 0 atom stereocenters. The fourth-order valence-corrected chi connectivity index (χ4v) is 2.98. The van der Waals surface area contributed by atoms with Crippen LogP contribution in [0, 0.1) is 11.3 Å². The fourth-order valence-electron chi connectivity index (χ4n) is 2.98. The molecule has 1 heterocycles. The van der Waals surface area contributed by atoms with E-state index in [2.05, 4.69) is 10.3 Å². The van der Waals surface area contributed by atoms with E-state index in [-0.39, 0.29) is 18.4 Å². The van der Waals surface area contributed by atoms with Crippen molar-refractivity contribution in [3.8, 4) is 6.07 Å². The summed E-state index contributed by atoms with van der Waals surface area (Å²) in [6.07, 6.45) is 2.59. The van der Waals surface area contributed by atoms with Gasteiger partial charge < -0.3 is 15.2 Å². The largest absolute Gasteiger partial charge is 0.361 e. The van der Waals surface area contributed by atoms with Gasteiger partial charge >= 0.3 is 0 Å². The Morgan fingerprint density at radius 2 is 2.00 bits per heavy atom. The molecule has 3 aromatic rings. The number of hydrogen-bond donors (Lipinski definition) is 2. The third-order valence-corrected chi connectivity index (χ3v) is 4.38. The molecule has 1 aromatic heterocycles. The normalized spacial score (nSPS) is 10.4. The zero-order chi connectivity index (χ0) is 19.2. The summed E-state index contributed by atoms with van der Waals surface area (Å²) < 4.78 is 0. The van der Waals surface area contributed by atoms with Gasteiger partial charge in [-0.2, -0.15) is 5.26 Å². The molecule has 6 heteroatoms. The predicted molar refractivity (Wildman–Crippen MR) is 104 cm³/mol. The van der Waals surface area contributed by atoms with E-state index in [1.54, 1.807) is 24.3 Å². The highest BCUT2D eigenvalue weighted by Crippen LogP contribution is 2.18. The number of carbonyl (C=O) groups excluding carboxylic acids is 2. The Balaban J connectivity index is 1.62. The van der Waals surface area contributed by atoms with E-state index in [1.807, 2.05) is 36.5 Å². The zero-order valence-electron chi connectivity index (χ0n) is 15.0. The SMILES string of the molecule is CC(=O)N(CCc1c[nH]c2ccccc12)CC(=O)Nc1cccc(C#N)c1. The molecule has 2 amide bonds. The molecule has 0 aliphatic carbocycles. The lowest BCUT2D eigenvalue weighted by molar-refractivity contribution is -0.132. The average Bonchev–Trinajstić information content (AvgIpc) is 3.08. The molecule has 0 unspecified atom stereocenters. The van der Waals surface area contributed by atoms with Crippen molar-refractivity contribution in [2.75, 3.05) is 18.4 Å². The van der Waals surface area contributed by atoms with Gasteiger partial charge in [-0.3, -0.25) is 9.59 Å². The van der Waals surface area contributed by atoms with Crippen LogP contribution >= 0.6 is 0 Å². The lowest BCUT2D eigenvalue weighted by Crippen LogP contribution is -2.38. The number of hydrogen-bond acceptors (Lipinski definition) is 3. The van der Waals surface area contributed by atoms with Gasteiger partial charge in [-0.05, 0) is 36.2 Å². The van der Waals surface area contributed by atoms with E-state index in [0.717, 1.165) is 16.5 Å². The van der Waals surface area contributed by atoms with Gasteiger partial charge in [0.2, 0.25) is 11.8 Å². The number of nitrogens with one attached hydrogen (secondary N) is 2. The molecule has 2 N–H and O–H groups in total. The Labute approximate surface area is 157 Å². The summed E-state index contributed by atoms with van der Waals surface area (Å²) in [6, 6.07) is 16.7. The van der Waals surface area contributed by atoms with Crippen molar-refractivity contribution < 1.29 is 9.59 Å². The van der Waals surface area contributed by atoms with Crippen molar-refractivity contribution in [1.82, 2.24) is 9.88 Å². The van der Waals surface area contributed by atoms with E-state index in [1.165, 1.54) is 11.8 Å². The topological polar surface area (TPSA) is 89.0 Å². The highest BCUT2D eigenvalue weighted by Gasteiger charge is 2.15. The first kappa shape index (κ1) is 18.2. The standard InChI is InChI=1S/C21H20N4O2/c1-15(26)25(10-9-17-13-23-20-8-3-2-7-19(17)20)14-21(27)24-18-6-4-5-16(11-18)12-22/h2-8,11,13,23H,9-10,14H2,1H3,(H,24,27). The second-order valence-corrected chi connectivity index (χ2v) is 6.29. The van der Waals surface area contributed by atoms with Crippen LogP contribution in [0.2, 0.25) is 0 Å². The molecule has 0 bridgehead atoms. The summed E-state index contributed by atoms with van der Waals surface area (Å²) >= 11 is 0. The molecular formula is C21H20N4O2. The van der Waals surface area contributed by atoms with Crippen molar-refractivity contribution >= 4 is 28.4 Å². The Morgan fingerprint density at radius 3 is 2.78 bits per heavy atom. The molecule has 0 saturated carbocycles. The summed E-state index contributed by atoms with van der Waals surface area (Å²) in [5.41, 5.74) is 3.17. The summed E-state index contributed by atoms with van der Waals surface area (Å²) in [5, 5.41) is 12.8. The number of H-pyrrole nitrogens is 1. The molecule has 0 radical (unpaired) electrons. The maximum atomic E-state index is 12.3. The number of nitriles is 1. The van der Waals surface area contributed by atoms with Gasteiger partial charge in [-0.15, -0.1) is 0 Å². The number of anilines is 1. The first-order valence-corrected chi connectivity index (χ1v) is 8.67. The highest BCUT2D eigenvalue weighted by molar-refractivity contribution is 5.94. The van der Waals surface area contributed by atoms with Crippen LogP contribution in [0.15, 0.2) is 54.7 Å². The van der Waals surface area contributed by atoms with Gasteiger partial charge in [0, 0.05) is 36.3 Å². The van der Waals surface area contributed by atoms with Crippen LogP contribution in [-0.2, 0) is 16.0 Å². The van der Waals surface area contributed by atoms with E-state index in [9.17, 15) is 9.59 Å². The molecule has 0 aliphatic heterocycles. The van der Waals surface area contributed by atoms with Crippen molar-refractivity contribution in [2.24, 2.45) is 0 Å². The number of carbonyl (C=O) groups is 2. The van der Waals surface area contributed by atoms with Crippen LogP contribution in [0.3, 0.4) is 0 Å². The Hall–Kier alpha value is -3.59. The van der Waals surface area contributed by atoms with Gasteiger partial charge in [0.1, 0.15) is 0 Å². The van der Waals surface area contributed by atoms with E-state index in [4.69, 9.17) is 5.26 Å². The molecule has 2 aromatic carbocycles. The van der Waals surface area contributed by atoms with Gasteiger partial charge in [0.05, 0.1) is 18.2 Å². The number of para-hydroxylation sites is 1. The van der Waals surface area contributed by atoms with Crippen molar-refractivity contribution in [2.45, 2.75) is 13.3 Å². The monoisotopic (exact) mass is 360 g/mol. The number of nitrogens with zero attached hydrogens (tertiary/aromatic N) is 2. The van der Waals surface area contributed by atoms with Gasteiger partial charge in [-0.1, -0.05) is 24.3 Å². The van der Waals surface area contributed by atoms with E-state index in [0.29, 0.717) is 24.2 Å². The predicted octanol–water partition coefficient (Wildman–Crippen LogP) is 3.07. The minimum Gasteiger partial charge on any atom is -0.361 e. The molecule has 0 fully saturated rings. The van der Waals surface area contributed by atoms with Crippen LogP contribution in [0.5, 0.6) is 0 Å².